The van der Waals surface area contributed by atoms with Crippen molar-refractivity contribution in [3.8, 4) is 0 Å². The molecule has 1 heterocycles. The average molecular weight is 206 g/mol. The van der Waals surface area contributed by atoms with Crippen molar-refractivity contribution in [1.82, 2.24) is 0 Å². The maximum atomic E-state index is 11.0. The van der Waals surface area contributed by atoms with Crippen LogP contribution in [0.15, 0.2) is 24.3 Å². The van der Waals surface area contributed by atoms with E-state index in [2.05, 4.69) is 0 Å². The molecular formula is C12H14O3. The van der Waals surface area contributed by atoms with Crippen LogP contribution < -0.4 is 0 Å². The van der Waals surface area contributed by atoms with Gasteiger partial charge in [-0.25, -0.2) is 0 Å². The Bertz CT molecular complexity index is 342. The molecule has 1 unspecified atom stereocenters. The molecule has 15 heavy (non-hydrogen) atoms. The van der Waals surface area contributed by atoms with Crippen LogP contribution in [-0.2, 0) is 20.9 Å². The predicted octanol–water partition coefficient (Wildman–Crippen LogP) is 2.21. The van der Waals surface area contributed by atoms with Crippen LogP contribution in [-0.4, -0.2) is 13.1 Å². The average Bonchev–Trinajstić information content (AvgIpc) is 2.67. The minimum Gasteiger partial charge on any atom is -0.457 e. The molecule has 0 bridgehead atoms. The summed E-state index contributed by atoms with van der Waals surface area (Å²) in [5.74, 6) is -0.0963. The minimum absolute atomic E-state index is 0.0471. The van der Waals surface area contributed by atoms with E-state index in [-0.39, 0.29) is 12.1 Å². The van der Waals surface area contributed by atoms with E-state index in [0.717, 1.165) is 17.5 Å². The van der Waals surface area contributed by atoms with Gasteiger partial charge in [0.2, 0.25) is 0 Å². The lowest BCUT2D eigenvalue weighted by molar-refractivity contribution is -0.141. The Kier molecular flexibility index (Phi) is 3.02. The molecule has 3 heteroatoms. The smallest absolute Gasteiger partial charge is 0.306 e. The molecule has 0 saturated carbocycles. The number of benzene rings is 1. The molecule has 1 fully saturated rings. The molecule has 80 valence electrons. The van der Waals surface area contributed by atoms with Crippen molar-refractivity contribution in [3.05, 3.63) is 35.4 Å². The summed E-state index contributed by atoms with van der Waals surface area (Å²) in [6.45, 7) is 0.616. The third-order valence-electron chi connectivity index (χ3n) is 2.55. The second kappa shape index (κ2) is 4.45. The van der Waals surface area contributed by atoms with Gasteiger partial charge in [-0.15, -0.1) is 0 Å². The highest BCUT2D eigenvalue weighted by Gasteiger charge is 2.24. The zero-order valence-electron chi connectivity index (χ0n) is 8.73. The fourth-order valence-corrected chi connectivity index (χ4v) is 1.76. The van der Waals surface area contributed by atoms with Crippen molar-refractivity contribution in [2.45, 2.75) is 25.6 Å². The van der Waals surface area contributed by atoms with Gasteiger partial charge >= 0.3 is 5.97 Å². The van der Waals surface area contributed by atoms with Gasteiger partial charge in [0.15, 0.2) is 0 Å². The number of carbonyl (C=O) groups excluding carboxylic acids is 1. The molecule has 2 rings (SSSR count). The van der Waals surface area contributed by atoms with E-state index in [1.54, 1.807) is 7.11 Å². The molecule has 1 aromatic rings. The topological polar surface area (TPSA) is 35.5 Å². The molecule has 1 saturated heterocycles. The summed E-state index contributed by atoms with van der Waals surface area (Å²) in [6, 6.07) is 8.01. The summed E-state index contributed by atoms with van der Waals surface area (Å²) in [5.41, 5.74) is 2.20. The quantitative estimate of drug-likeness (QED) is 0.711. The van der Waals surface area contributed by atoms with Crippen molar-refractivity contribution in [2.75, 3.05) is 7.11 Å². The maximum Gasteiger partial charge on any atom is 0.306 e. The van der Waals surface area contributed by atoms with Gasteiger partial charge in [0.25, 0.3) is 0 Å². The van der Waals surface area contributed by atoms with Crippen LogP contribution in [0.25, 0.3) is 0 Å². The summed E-state index contributed by atoms with van der Waals surface area (Å²) in [6.07, 6.45) is 1.28. The number of rotatable bonds is 3. The number of hydrogen-bond donors (Lipinski definition) is 0. The van der Waals surface area contributed by atoms with Crippen LogP contribution in [0.1, 0.15) is 30.1 Å². The van der Waals surface area contributed by atoms with Gasteiger partial charge in [-0.1, -0.05) is 24.3 Å². The molecule has 0 N–H and O–H groups in total. The summed E-state index contributed by atoms with van der Waals surface area (Å²) < 4.78 is 10.2. The zero-order valence-corrected chi connectivity index (χ0v) is 8.73. The van der Waals surface area contributed by atoms with Crippen molar-refractivity contribution >= 4 is 5.97 Å². The van der Waals surface area contributed by atoms with E-state index in [1.165, 1.54) is 0 Å². The number of esters is 1. The van der Waals surface area contributed by atoms with Crippen molar-refractivity contribution in [2.24, 2.45) is 0 Å². The van der Waals surface area contributed by atoms with Gasteiger partial charge in [0, 0.05) is 13.5 Å². The first-order valence-corrected chi connectivity index (χ1v) is 5.07. The summed E-state index contributed by atoms with van der Waals surface area (Å²) in [7, 11) is 1.67. The zero-order chi connectivity index (χ0) is 10.7. The number of cyclic esters (lactones) is 1. The molecule has 1 aliphatic heterocycles. The molecule has 3 nitrogen and oxygen atoms in total. The summed E-state index contributed by atoms with van der Waals surface area (Å²) in [5, 5.41) is 0. The second-order valence-electron chi connectivity index (χ2n) is 3.69. The highest BCUT2D eigenvalue weighted by molar-refractivity contribution is 5.71. The first kappa shape index (κ1) is 10.2. The Morgan fingerprint density at radius 2 is 2.13 bits per heavy atom. The van der Waals surface area contributed by atoms with Gasteiger partial charge < -0.3 is 9.47 Å². The normalized spacial score (nSPS) is 20.3. The molecule has 0 radical (unpaired) electrons. The van der Waals surface area contributed by atoms with Crippen LogP contribution in [0.4, 0.5) is 0 Å². The summed E-state index contributed by atoms with van der Waals surface area (Å²) in [4.78, 5) is 11.0. The van der Waals surface area contributed by atoms with E-state index in [4.69, 9.17) is 9.47 Å². The number of methoxy groups -OCH3 is 1. The number of hydrogen-bond acceptors (Lipinski definition) is 3. The second-order valence-corrected chi connectivity index (χ2v) is 3.69. The Labute approximate surface area is 89.0 Å². The van der Waals surface area contributed by atoms with Crippen LogP contribution in [0, 0.1) is 0 Å². The highest BCUT2D eigenvalue weighted by atomic mass is 16.5. The van der Waals surface area contributed by atoms with Crippen molar-refractivity contribution in [3.63, 3.8) is 0 Å². The van der Waals surface area contributed by atoms with Crippen molar-refractivity contribution in [1.29, 1.82) is 0 Å². The van der Waals surface area contributed by atoms with Crippen LogP contribution in [0.3, 0.4) is 0 Å². The number of carbonyl (C=O) groups is 1. The van der Waals surface area contributed by atoms with E-state index in [0.29, 0.717) is 13.0 Å². The Morgan fingerprint density at radius 1 is 1.40 bits per heavy atom. The number of ether oxygens (including phenoxy) is 2. The SMILES string of the molecule is COCc1ccc(C2CCC(=O)O2)cc1. The molecular weight excluding hydrogens is 192 g/mol. The van der Waals surface area contributed by atoms with Gasteiger partial charge in [-0.05, 0) is 17.5 Å². The van der Waals surface area contributed by atoms with E-state index in [1.807, 2.05) is 24.3 Å². The highest BCUT2D eigenvalue weighted by Crippen LogP contribution is 2.29. The lowest BCUT2D eigenvalue weighted by Crippen LogP contribution is -1.98. The molecule has 0 spiro atoms. The molecule has 1 aliphatic rings. The largest absolute Gasteiger partial charge is 0.457 e. The Hall–Kier alpha value is -1.35. The third-order valence-corrected chi connectivity index (χ3v) is 2.55. The first-order chi connectivity index (χ1) is 7.29. The Morgan fingerprint density at radius 3 is 2.67 bits per heavy atom. The van der Waals surface area contributed by atoms with Gasteiger partial charge in [-0.2, -0.15) is 0 Å². The third kappa shape index (κ3) is 2.36. The molecule has 0 aliphatic carbocycles. The fourth-order valence-electron chi connectivity index (χ4n) is 1.76. The molecule has 1 aromatic carbocycles. The van der Waals surface area contributed by atoms with Crippen LogP contribution in [0.5, 0.6) is 0 Å². The minimum atomic E-state index is -0.0963. The molecule has 0 amide bonds. The van der Waals surface area contributed by atoms with Crippen LogP contribution >= 0.6 is 0 Å². The molecule has 0 aromatic heterocycles. The summed E-state index contributed by atoms with van der Waals surface area (Å²) >= 11 is 0. The lowest BCUT2D eigenvalue weighted by atomic mass is 10.1. The fraction of sp³-hybridized carbons (Fsp3) is 0.417. The van der Waals surface area contributed by atoms with E-state index < -0.39 is 0 Å². The molecule has 1 atom stereocenters. The standard InChI is InChI=1S/C12H14O3/c1-14-8-9-2-4-10(5-3-9)11-6-7-12(13)15-11/h2-5,11H,6-8H2,1H3. The van der Waals surface area contributed by atoms with Gasteiger partial charge in [-0.3, -0.25) is 4.79 Å². The van der Waals surface area contributed by atoms with Gasteiger partial charge in [0.1, 0.15) is 6.10 Å². The maximum absolute atomic E-state index is 11.0. The van der Waals surface area contributed by atoms with E-state index >= 15 is 0 Å². The predicted molar refractivity (Wildman–Crippen MR) is 55.2 cm³/mol. The van der Waals surface area contributed by atoms with Gasteiger partial charge in [0.05, 0.1) is 6.61 Å². The van der Waals surface area contributed by atoms with Crippen molar-refractivity contribution < 1.29 is 14.3 Å². The lowest BCUT2D eigenvalue weighted by Gasteiger charge is -2.09. The monoisotopic (exact) mass is 206 g/mol. The van der Waals surface area contributed by atoms with Crippen LogP contribution in [0.2, 0.25) is 0 Å². The first-order valence-electron chi connectivity index (χ1n) is 5.07. The van der Waals surface area contributed by atoms with E-state index in [9.17, 15) is 4.79 Å². The Balaban J connectivity index is 2.06.